The van der Waals surface area contributed by atoms with Crippen LogP contribution in [0.3, 0.4) is 0 Å². The third-order valence-electron chi connectivity index (χ3n) is 5.05. The normalized spacial score (nSPS) is 17.9. The first-order valence-electron chi connectivity index (χ1n) is 10.4. The van der Waals surface area contributed by atoms with Gasteiger partial charge in [-0.05, 0) is 44.2 Å². The molecule has 1 aliphatic heterocycles. The van der Waals surface area contributed by atoms with Gasteiger partial charge in [0.1, 0.15) is 5.82 Å². The molecule has 178 valence electrons. The van der Waals surface area contributed by atoms with Crippen LogP contribution in [0.2, 0.25) is 0 Å². The van der Waals surface area contributed by atoms with E-state index in [-0.39, 0.29) is 41.6 Å². The molecule has 2 aromatic rings. The first kappa shape index (κ1) is 24.1. The maximum atomic E-state index is 14.9. The molecule has 3 rings (SSSR count). The van der Waals surface area contributed by atoms with E-state index >= 15 is 0 Å². The number of nitrogens with one attached hydrogen (secondary N) is 1. The molecule has 2 aromatic carbocycles. The minimum atomic E-state index is -0.674. The predicted octanol–water partition coefficient (Wildman–Crippen LogP) is 2.57. The average Bonchev–Trinajstić information content (AvgIpc) is 2.76. The van der Waals surface area contributed by atoms with Gasteiger partial charge in [-0.3, -0.25) is 9.59 Å². The van der Waals surface area contributed by atoms with Crippen LogP contribution in [-0.4, -0.2) is 57.9 Å². The maximum absolute atomic E-state index is 14.9. The van der Waals surface area contributed by atoms with Gasteiger partial charge in [-0.15, -0.1) is 0 Å². The first-order valence-corrected chi connectivity index (χ1v) is 10.4. The number of nitrogens with two attached hydrogens (primary N) is 1. The van der Waals surface area contributed by atoms with Crippen molar-refractivity contribution in [2.75, 3.05) is 44.1 Å². The van der Waals surface area contributed by atoms with Crippen molar-refractivity contribution in [3.8, 4) is 17.2 Å². The van der Waals surface area contributed by atoms with Gasteiger partial charge in [0.25, 0.3) is 11.8 Å². The highest BCUT2D eigenvalue weighted by Crippen LogP contribution is 2.39. The summed E-state index contributed by atoms with van der Waals surface area (Å²) in [5.41, 5.74) is 6.06. The first-order chi connectivity index (χ1) is 15.7. The van der Waals surface area contributed by atoms with Crippen LogP contribution in [0.5, 0.6) is 17.2 Å². The van der Waals surface area contributed by atoms with Crippen molar-refractivity contribution in [2.45, 2.75) is 26.1 Å². The third-order valence-corrected chi connectivity index (χ3v) is 5.05. The molecule has 0 radical (unpaired) electrons. The number of primary amides is 1. The van der Waals surface area contributed by atoms with E-state index in [1.807, 2.05) is 18.7 Å². The Kier molecular flexibility index (Phi) is 7.59. The van der Waals surface area contributed by atoms with Crippen LogP contribution in [0.4, 0.5) is 15.8 Å². The number of hydrogen-bond donors (Lipinski definition) is 2. The van der Waals surface area contributed by atoms with E-state index in [2.05, 4.69) is 5.32 Å². The SMILES string of the molecule is COc1cc(C(=O)Nc2ccc(N3CC(C)OC(C)C3)c(F)c2)cc(OC)c1OCC(N)=O. The summed E-state index contributed by atoms with van der Waals surface area (Å²) in [6.45, 7) is 4.67. The Bertz CT molecular complexity index is 996. The molecule has 2 amide bonds. The van der Waals surface area contributed by atoms with Gasteiger partial charge in [0, 0.05) is 24.3 Å². The molecular formula is C23H28FN3O6. The van der Waals surface area contributed by atoms with E-state index < -0.39 is 17.6 Å². The van der Waals surface area contributed by atoms with E-state index in [0.29, 0.717) is 24.5 Å². The van der Waals surface area contributed by atoms with Gasteiger partial charge in [-0.25, -0.2) is 4.39 Å². The van der Waals surface area contributed by atoms with Gasteiger partial charge < -0.3 is 34.9 Å². The second kappa shape index (κ2) is 10.4. The summed E-state index contributed by atoms with van der Waals surface area (Å²) in [6.07, 6.45) is -0.0140. The standard InChI is InChI=1S/C23H28FN3O6/c1-13-10-27(11-14(2)33-13)18-6-5-16(9-17(18)24)26-23(29)15-7-19(30-3)22(20(8-15)31-4)32-12-21(25)28/h5-9,13-14H,10-12H2,1-4H3,(H2,25,28)(H,26,29). The zero-order chi connectivity index (χ0) is 24.1. The minimum absolute atomic E-state index is 0.00702. The fourth-order valence-corrected chi connectivity index (χ4v) is 3.72. The van der Waals surface area contributed by atoms with Crippen molar-refractivity contribution < 1.29 is 32.9 Å². The number of nitrogens with zero attached hydrogens (tertiary/aromatic N) is 1. The highest BCUT2D eigenvalue weighted by atomic mass is 19.1. The van der Waals surface area contributed by atoms with Crippen LogP contribution in [-0.2, 0) is 9.53 Å². The fraction of sp³-hybridized carbons (Fsp3) is 0.391. The van der Waals surface area contributed by atoms with Gasteiger partial charge in [-0.2, -0.15) is 0 Å². The molecule has 0 aromatic heterocycles. The van der Waals surface area contributed by atoms with Crippen molar-refractivity contribution in [3.63, 3.8) is 0 Å². The number of carbonyl (C=O) groups is 2. The van der Waals surface area contributed by atoms with Crippen LogP contribution in [0.25, 0.3) is 0 Å². The zero-order valence-electron chi connectivity index (χ0n) is 19.0. The Balaban J connectivity index is 1.79. The van der Waals surface area contributed by atoms with E-state index in [1.54, 1.807) is 12.1 Å². The number of methoxy groups -OCH3 is 2. The molecule has 1 fully saturated rings. The van der Waals surface area contributed by atoms with Crippen LogP contribution >= 0.6 is 0 Å². The van der Waals surface area contributed by atoms with Gasteiger partial charge in [0.05, 0.1) is 32.1 Å². The summed E-state index contributed by atoms with van der Waals surface area (Å²) in [5.74, 6) is -1.13. The van der Waals surface area contributed by atoms with Crippen molar-refractivity contribution in [1.82, 2.24) is 0 Å². The second-order valence-electron chi connectivity index (χ2n) is 7.75. The number of morpholine rings is 1. The van der Waals surface area contributed by atoms with Crippen LogP contribution in [0.15, 0.2) is 30.3 Å². The van der Waals surface area contributed by atoms with E-state index in [1.165, 1.54) is 32.4 Å². The number of ether oxygens (including phenoxy) is 4. The van der Waals surface area contributed by atoms with E-state index in [9.17, 15) is 14.0 Å². The van der Waals surface area contributed by atoms with Crippen LogP contribution < -0.4 is 30.2 Å². The molecular weight excluding hydrogens is 433 g/mol. The topological polar surface area (TPSA) is 112 Å². The van der Waals surface area contributed by atoms with Crippen molar-refractivity contribution in [2.24, 2.45) is 5.73 Å². The lowest BCUT2D eigenvalue weighted by Gasteiger charge is -2.37. The molecule has 10 heteroatoms. The Morgan fingerprint density at radius 1 is 1.12 bits per heavy atom. The summed E-state index contributed by atoms with van der Waals surface area (Å²) < 4.78 is 36.4. The molecule has 1 aliphatic rings. The number of anilines is 2. The largest absolute Gasteiger partial charge is 0.493 e. The number of amides is 2. The predicted molar refractivity (Wildman–Crippen MR) is 121 cm³/mol. The van der Waals surface area contributed by atoms with E-state index in [4.69, 9.17) is 24.7 Å². The minimum Gasteiger partial charge on any atom is -0.493 e. The molecule has 1 heterocycles. The molecule has 2 atom stereocenters. The molecule has 0 aliphatic carbocycles. The van der Waals surface area contributed by atoms with E-state index in [0.717, 1.165) is 0 Å². The Labute approximate surface area is 191 Å². The highest BCUT2D eigenvalue weighted by Gasteiger charge is 2.25. The second-order valence-corrected chi connectivity index (χ2v) is 7.75. The Hall–Kier alpha value is -3.53. The maximum Gasteiger partial charge on any atom is 0.255 e. The molecule has 1 saturated heterocycles. The Morgan fingerprint density at radius 2 is 1.73 bits per heavy atom. The fourth-order valence-electron chi connectivity index (χ4n) is 3.72. The number of benzene rings is 2. The molecule has 2 unspecified atom stereocenters. The van der Waals surface area contributed by atoms with Crippen LogP contribution in [0, 0.1) is 5.82 Å². The number of rotatable bonds is 8. The summed E-state index contributed by atoms with van der Waals surface area (Å²) in [5, 5.41) is 2.67. The monoisotopic (exact) mass is 461 g/mol. The van der Waals surface area contributed by atoms with Crippen molar-refractivity contribution >= 4 is 23.2 Å². The van der Waals surface area contributed by atoms with Gasteiger partial charge in [-0.1, -0.05) is 0 Å². The average molecular weight is 461 g/mol. The lowest BCUT2D eigenvalue weighted by Crippen LogP contribution is -2.45. The molecule has 3 N–H and O–H groups in total. The highest BCUT2D eigenvalue weighted by molar-refractivity contribution is 6.05. The smallest absolute Gasteiger partial charge is 0.255 e. The number of halogens is 1. The van der Waals surface area contributed by atoms with Crippen LogP contribution in [0.1, 0.15) is 24.2 Å². The zero-order valence-corrected chi connectivity index (χ0v) is 19.0. The summed E-state index contributed by atoms with van der Waals surface area (Å²) in [4.78, 5) is 25.8. The molecule has 9 nitrogen and oxygen atoms in total. The van der Waals surface area contributed by atoms with Crippen molar-refractivity contribution in [3.05, 3.63) is 41.7 Å². The van der Waals surface area contributed by atoms with Gasteiger partial charge in [0.2, 0.25) is 5.75 Å². The number of hydrogen-bond acceptors (Lipinski definition) is 7. The summed E-state index contributed by atoms with van der Waals surface area (Å²) >= 11 is 0. The summed E-state index contributed by atoms with van der Waals surface area (Å²) in [7, 11) is 2.77. The van der Waals surface area contributed by atoms with Gasteiger partial charge >= 0.3 is 0 Å². The molecule has 0 spiro atoms. The quantitative estimate of drug-likeness (QED) is 0.621. The molecule has 0 saturated carbocycles. The lowest BCUT2D eigenvalue weighted by atomic mass is 10.1. The molecule has 33 heavy (non-hydrogen) atoms. The Morgan fingerprint density at radius 3 is 2.24 bits per heavy atom. The molecule has 0 bridgehead atoms. The van der Waals surface area contributed by atoms with Gasteiger partial charge in [0.15, 0.2) is 18.1 Å². The third kappa shape index (κ3) is 5.83. The summed E-state index contributed by atoms with van der Waals surface area (Å²) in [6, 6.07) is 7.40. The van der Waals surface area contributed by atoms with Crippen molar-refractivity contribution in [1.29, 1.82) is 0 Å². The lowest BCUT2D eigenvalue weighted by molar-refractivity contribution is -0.120. The number of carbonyl (C=O) groups excluding carboxylic acids is 2.